The molecule has 9 heteroatoms. The zero-order valence-corrected chi connectivity index (χ0v) is 19.6. The number of aliphatic hydroxyl groups is 1. The Morgan fingerprint density at radius 1 is 0.742 bits per heavy atom. The average molecular weight is 479 g/mol. The Bertz CT molecular complexity index is 441. The zero-order chi connectivity index (χ0) is 22.6. The summed E-state index contributed by atoms with van der Waals surface area (Å²) >= 11 is 0. The molecule has 0 bridgehead atoms. The van der Waals surface area contributed by atoms with E-state index in [0.29, 0.717) is 6.61 Å². The van der Waals surface area contributed by atoms with E-state index in [2.05, 4.69) is 37.0 Å². The first-order valence-corrected chi connectivity index (χ1v) is 12.1. The number of hydrogen-bond acceptors (Lipinski definition) is 4. The Hall–Kier alpha value is -0.190. The predicted octanol–water partition coefficient (Wildman–Crippen LogP) is 5.18. The van der Waals surface area contributed by atoms with Gasteiger partial charge >= 0.3 is 40.0 Å². The van der Waals surface area contributed by atoms with E-state index in [-0.39, 0.29) is 35.0 Å². The van der Waals surface area contributed by atoms with E-state index in [0.717, 1.165) is 6.42 Å². The van der Waals surface area contributed by atoms with Crippen molar-refractivity contribution in [3.8, 4) is 0 Å². The summed E-state index contributed by atoms with van der Waals surface area (Å²) in [6, 6.07) is 0. The first kappa shape index (κ1) is 41.1. The Labute approximate surface area is 213 Å². The summed E-state index contributed by atoms with van der Waals surface area (Å²) in [7, 11) is -4.67. The van der Waals surface area contributed by atoms with Crippen molar-refractivity contribution in [1.82, 2.24) is 0 Å². The molecule has 0 amide bonds. The first-order valence-electron chi connectivity index (χ1n) is 10.7. The van der Waals surface area contributed by atoms with Gasteiger partial charge < -0.3 is 15.3 Å². The van der Waals surface area contributed by atoms with Crippen LogP contribution >= 0.6 is 0 Å². The number of rotatable bonds is 17. The quantitative estimate of drug-likeness (QED) is 0.0866. The number of aliphatic hydroxyl groups excluding tert-OH is 1. The van der Waals surface area contributed by atoms with Crippen LogP contribution in [0.25, 0.3) is 0 Å². The van der Waals surface area contributed by atoms with Gasteiger partial charge in [0.05, 0.1) is 12.5 Å². The summed E-state index contributed by atoms with van der Waals surface area (Å²) in [5.41, 5.74) is 0. The molecule has 0 aliphatic carbocycles. The monoisotopic (exact) mass is 478 g/mol. The molecule has 0 aliphatic heterocycles. The molecule has 7 nitrogen and oxygen atoms in total. The molecule has 5 N–H and O–H groups in total. The molecule has 0 aromatic heterocycles. The fraction of sp³-hybridized carbons (Fsp3) is 0.727. The number of allylic oxidation sites excluding steroid dienone is 2. The van der Waals surface area contributed by atoms with Crippen molar-refractivity contribution in [2.24, 2.45) is 0 Å². The van der Waals surface area contributed by atoms with Gasteiger partial charge in [-0.3, -0.25) is 9.11 Å². The molecule has 184 valence electrons. The van der Waals surface area contributed by atoms with Gasteiger partial charge in [-0.05, 0) is 32.1 Å². The van der Waals surface area contributed by atoms with E-state index >= 15 is 0 Å². The average Bonchev–Trinajstić information content (AvgIpc) is 2.65. The third kappa shape index (κ3) is 72.7. The SMILES string of the molecule is C=COC=C.CCCCCCCC/C=C\CCCCCCCCO.O.O=S(=O)(O)O.[NaH]. The molecule has 0 aromatic carbocycles. The van der Waals surface area contributed by atoms with Crippen molar-refractivity contribution < 1.29 is 32.8 Å². The molecule has 0 spiro atoms. The van der Waals surface area contributed by atoms with E-state index in [1.165, 1.54) is 96.0 Å². The second kappa shape index (κ2) is 37.1. The Balaban J connectivity index is -0.000000157. The molecule has 0 atom stereocenters. The van der Waals surface area contributed by atoms with Crippen LogP contribution in [0.4, 0.5) is 0 Å². The predicted molar refractivity (Wildman–Crippen MR) is 133 cm³/mol. The molecule has 0 rings (SSSR count). The van der Waals surface area contributed by atoms with Crippen molar-refractivity contribution in [2.45, 2.75) is 96.8 Å². The second-order valence-electron chi connectivity index (χ2n) is 6.58. The van der Waals surface area contributed by atoms with E-state index in [4.69, 9.17) is 22.6 Å². The van der Waals surface area contributed by atoms with Crippen LogP contribution in [0.5, 0.6) is 0 Å². The first-order chi connectivity index (χ1) is 13.8. The Morgan fingerprint density at radius 2 is 1.06 bits per heavy atom. The Morgan fingerprint density at radius 3 is 1.35 bits per heavy atom. The van der Waals surface area contributed by atoms with Gasteiger partial charge in [0.1, 0.15) is 0 Å². The fourth-order valence-electron chi connectivity index (χ4n) is 2.43. The van der Waals surface area contributed by atoms with Gasteiger partial charge in [-0.1, -0.05) is 90.0 Å². The molecule has 0 radical (unpaired) electrons. The van der Waals surface area contributed by atoms with Crippen molar-refractivity contribution in [1.29, 1.82) is 0 Å². The van der Waals surface area contributed by atoms with Gasteiger partial charge in [-0.2, -0.15) is 8.42 Å². The summed E-state index contributed by atoms with van der Waals surface area (Å²) in [5.74, 6) is 0. The molecule has 31 heavy (non-hydrogen) atoms. The summed E-state index contributed by atoms with van der Waals surface area (Å²) in [6.07, 6.45) is 25.8. The summed E-state index contributed by atoms with van der Waals surface area (Å²) < 4.78 is 35.9. The van der Waals surface area contributed by atoms with Crippen molar-refractivity contribution in [3.63, 3.8) is 0 Å². The second-order valence-corrected chi connectivity index (χ2v) is 7.47. The topological polar surface area (TPSA) is 136 Å². The third-order valence-electron chi connectivity index (χ3n) is 3.86. The number of hydrogen-bond donors (Lipinski definition) is 3. The summed E-state index contributed by atoms with van der Waals surface area (Å²) in [5, 5.41) is 8.66. The van der Waals surface area contributed by atoms with Crippen molar-refractivity contribution >= 4 is 40.0 Å². The van der Waals surface area contributed by atoms with Gasteiger partial charge in [-0.15, -0.1) is 0 Å². The minimum atomic E-state index is -4.67. The van der Waals surface area contributed by atoms with Crippen LogP contribution in [-0.2, 0) is 15.1 Å². The molecule has 0 saturated carbocycles. The summed E-state index contributed by atoms with van der Waals surface area (Å²) in [6.45, 7) is 9.15. The fourth-order valence-corrected chi connectivity index (χ4v) is 2.43. The van der Waals surface area contributed by atoms with E-state index in [1.807, 2.05) is 0 Å². The maximum atomic E-state index is 8.74. The standard InChI is InChI=1S/C18H36O.C4H6O.Na.H2O4S.H2O.H/c1-2-3-4-5-6-7-8-9-10-11-12-13-14-15-16-17-18-19;1-3-5-4-2;;1-5(2,3)4;;/h9-10,19H,2-8,11-18H2,1H3;3-4H,1-2H2;;(H2,1,2,3,4);1H2;/b10-9-;;;;;. The van der Waals surface area contributed by atoms with E-state index < -0.39 is 10.4 Å². The van der Waals surface area contributed by atoms with Gasteiger partial charge in [-0.25, -0.2) is 0 Å². The summed E-state index contributed by atoms with van der Waals surface area (Å²) in [4.78, 5) is 0. The molecule has 0 aliphatic rings. The van der Waals surface area contributed by atoms with Crippen molar-refractivity contribution in [3.05, 3.63) is 37.8 Å². The molecular weight excluding hydrogens is 431 g/mol. The maximum absolute atomic E-state index is 8.74. The molecule has 0 aromatic rings. The van der Waals surface area contributed by atoms with Crippen LogP contribution in [-0.4, -0.2) is 64.3 Å². The number of ether oxygens (including phenoxy) is 1. The van der Waals surface area contributed by atoms with Gasteiger partial charge in [0.15, 0.2) is 0 Å². The number of unbranched alkanes of at least 4 members (excludes halogenated alkanes) is 12. The van der Waals surface area contributed by atoms with Crippen LogP contribution < -0.4 is 0 Å². The molecule has 0 fully saturated rings. The third-order valence-corrected chi connectivity index (χ3v) is 3.86. The van der Waals surface area contributed by atoms with Crippen LogP contribution in [0.2, 0.25) is 0 Å². The minimum absolute atomic E-state index is 0. The molecular formula is C22H47NaO7S. The van der Waals surface area contributed by atoms with Gasteiger partial charge in [0, 0.05) is 6.61 Å². The van der Waals surface area contributed by atoms with E-state index in [1.54, 1.807) is 0 Å². The van der Waals surface area contributed by atoms with Crippen molar-refractivity contribution in [2.75, 3.05) is 6.61 Å². The van der Waals surface area contributed by atoms with Crippen LogP contribution in [0.15, 0.2) is 37.8 Å². The Kier molecular flexibility index (Phi) is 49.2. The van der Waals surface area contributed by atoms with Crippen LogP contribution in [0.3, 0.4) is 0 Å². The molecule has 0 unspecified atom stereocenters. The normalized spacial score (nSPS) is 9.81. The van der Waals surface area contributed by atoms with Gasteiger partial charge in [0.25, 0.3) is 0 Å². The zero-order valence-electron chi connectivity index (χ0n) is 18.8. The van der Waals surface area contributed by atoms with E-state index in [9.17, 15) is 0 Å². The van der Waals surface area contributed by atoms with Gasteiger partial charge in [0.2, 0.25) is 0 Å². The molecule has 0 heterocycles. The van der Waals surface area contributed by atoms with Crippen LogP contribution in [0.1, 0.15) is 96.8 Å². The van der Waals surface area contributed by atoms with Crippen LogP contribution in [0, 0.1) is 0 Å². The molecule has 0 saturated heterocycles.